The van der Waals surface area contributed by atoms with Gasteiger partial charge >= 0.3 is 0 Å². The summed E-state index contributed by atoms with van der Waals surface area (Å²) >= 11 is 3.40. The molecule has 0 radical (unpaired) electrons. The molecule has 0 aliphatic carbocycles. The number of halogens is 1. The number of primary amides is 1. The minimum atomic E-state index is -0.613. The van der Waals surface area contributed by atoms with E-state index >= 15 is 0 Å². The summed E-state index contributed by atoms with van der Waals surface area (Å²) in [6.07, 6.45) is 0.849. The Labute approximate surface area is 154 Å². The van der Waals surface area contributed by atoms with Crippen LogP contribution in [0.4, 0.5) is 5.69 Å². The topological polar surface area (TPSA) is 90.6 Å². The highest BCUT2D eigenvalue weighted by atomic mass is 79.9. The summed E-state index contributed by atoms with van der Waals surface area (Å²) in [5.41, 5.74) is 6.27. The Bertz CT molecular complexity index is 793. The smallest absolute Gasteiger partial charge is 0.255 e. The lowest BCUT2D eigenvalue weighted by atomic mass is 10.1. The van der Waals surface area contributed by atoms with Crippen LogP contribution in [-0.2, 0) is 0 Å². The molecule has 3 N–H and O–H groups in total. The Kier molecular flexibility index (Phi) is 6.41. The number of rotatable bonds is 7. The molecule has 2 aromatic carbocycles. The third kappa shape index (κ3) is 4.51. The molecular formula is C18H19BrN2O4. The molecule has 25 heavy (non-hydrogen) atoms. The first-order valence-corrected chi connectivity index (χ1v) is 8.47. The maximum Gasteiger partial charge on any atom is 0.255 e. The van der Waals surface area contributed by atoms with Crippen molar-refractivity contribution in [2.75, 3.05) is 19.0 Å². The fourth-order valence-corrected chi connectivity index (χ4v) is 2.75. The molecule has 2 amide bonds. The molecule has 0 saturated carbocycles. The second-order valence-corrected chi connectivity index (χ2v) is 6.06. The van der Waals surface area contributed by atoms with Crippen LogP contribution in [0.1, 0.15) is 34.1 Å². The van der Waals surface area contributed by atoms with E-state index in [9.17, 15) is 9.59 Å². The predicted molar refractivity (Wildman–Crippen MR) is 99.4 cm³/mol. The molecular weight excluding hydrogens is 388 g/mol. The van der Waals surface area contributed by atoms with Crippen molar-refractivity contribution < 1.29 is 19.1 Å². The lowest BCUT2D eigenvalue weighted by molar-refractivity contribution is 0.100. The van der Waals surface area contributed by atoms with E-state index in [1.54, 1.807) is 36.4 Å². The van der Waals surface area contributed by atoms with Gasteiger partial charge in [0.2, 0.25) is 0 Å². The lowest BCUT2D eigenvalue weighted by Crippen LogP contribution is -2.18. The fourth-order valence-electron chi connectivity index (χ4n) is 2.20. The number of benzene rings is 2. The number of hydrogen-bond acceptors (Lipinski definition) is 4. The van der Waals surface area contributed by atoms with Crippen LogP contribution in [-0.4, -0.2) is 25.5 Å². The van der Waals surface area contributed by atoms with Crippen LogP contribution < -0.4 is 20.5 Å². The lowest BCUT2D eigenvalue weighted by Gasteiger charge is -2.14. The molecule has 0 aliphatic heterocycles. The number of ether oxygens (including phenoxy) is 2. The highest BCUT2D eigenvalue weighted by Crippen LogP contribution is 2.37. The molecule has 132 valence electrons. The van der Waals surface area contributed by atoms with E-state index in [1.165, 1.54) is 7.11 Å². The van der Waals surface area contributed by atoms with Crippen LogP contribution >= 0.6 is 15.9 Å². The van der Waals surface area contributed by atoms with Gasteiger partial charge in [0.1, 0.15) is 0 Å². The highest BCUT2D eigenvalue weighted by molar-refractivity contribution is 9.10. The van der Waals surface area contributed by atoms with Crippen molar-refractivity contribution in [3.63, 3.8) is 0 Å². The first kappa shape index (κ1) is 18.8. The zero-order valence-corrected chi connectivity index (χ0v) is 15.6. The van der Waals surface area contributed by atoms with Crippen LogP contribution in [0.3, 0.4) is 0 Å². The summed E-state index contributed by atoms with van der Waals surface area (Å²) in [4.78, 5) is 24.0. The SMILES string of the molecule is CCCOc1c(Br)cc(C(=O)Nc2ccccc2C(N)=O)cc1OC. The van der Waals surface area contributed by atoms with Crippen molar-refractivity contribution in [1.82, 2.24) is 0 Å². The number of carbonyl (C=O) groups excluding carboxylic acids is 2. The zero-order chi connectivity index (χ0) is 18.4. The number of nitrogens with two attached hydrogens (primary N) is 1. The van der Waals surface area contributed by atoms with Gasteiger partial charge in [-0.1, -0.05) is 19.1 Å². The van der Waals surface area contributed by atoms with Crippen LogP contribution in [0.15, 0.2) is 40.9 Å². The van der Waals surface area contributed by atoms with Crippen LogP contribution in [0.2, 0.25) is 0 Å². The maximum atomic E-state index is 12.6. The Morgan fingerprint density at radius 3 is 2.60 bits per heavy atom. The number of hydrogen-bond donors (Lipinski definition) is 2. The van der Waals surface area contributed by atoms with E-state index in [2.05, 4.69) is 21.2 Å². The molecule has 0 fully saturated rings. The minimum Gasteiger partial charge on any atom is -0.493 e. The standard InChI is InChI=1S/C18H19BrN2O4/c1-3-8-25-16-13(19)9-11(10-15(16)24-2)18(23)21-14-7-5-4-6-12(14)17(20)22/h4-7,9-10H,3,8H2,1-2H3,(H2,20,22)(H,21,23). The van der Waals surface area contributed by atoms with Gasteiger partial charge in [0.05, 0.1) is 29.4 Å². The van der Waals surface area contributed by atoms with E-state index < -0.39 is 11.8 Å². The van der Waals surface area contributed by atoms with Gasteiger partial charge in [0, 0.05) is 5.56 Å². The second-order valence-electron chi connectivity index (χ2n) is 5.20. The van der Waals surface area contributed by atoms with Gasteiger partial charge in [0.15, 0.2) is 11.5 Å². The molecule has 0 unspecified atom stereocenters. The quantitative estimate of drug-likeness (QED) is 0.734. The number of nitrogens with one attached hydrogen (secondary N) is 1. The Balaban J connectivity index is 2.31. The normalized spacial score (nSPS) is 10.2. The van der Waals surface area contributed by atoms with Crippen molar-refractivity contribution in [2.45, 2.75) is 13.3 Å². The molecule has 0 aliphatic rings. The molecule has 7 heteroatoms. The van der Waals surface area contributed by atoms with Gasteiger partial charge in [-0.15, -0.1) is 0 Å². The Morgan fingerprint density at radius 1 is 1.24 bits per heavy atom. The van der Waals surface area contributed by atoms with Crippen molar-refractivity contribution in [3.05, 3.63) is 52.0 Å². The number of amides is 2. The zero-order valence-electron chi connectivity index (χ0n) is 14.0. The molecule has 0 atom stereocenters. The molecule has 0 aromatic heterocycles. The predicted octanol–water partition coefficient (Wildman–Crippen LogP) is 3.60. The van der Waals surface area contributed by atoms with Crippen LogP contribution in [0.5, 0.6) is 11.5 Å². The number of carbonyl (C=O) groups is 2. The molecule has 0 saturated heterocycles. The third-order valence-electron chi connectivity index (χ3n) is 3.38. The summed E-state index contributed by atoms with van der Waals surface area (Å²) in [5, 5.41) is 2.69. The van der Waals surface area contributed by atoms with Crippen molar-refractivity contribution >= 4 is 33.4 Å². The maximum absolute atomic E-state index is 12.6. The first-order valence-electron chi connectivity index (χ1n) is 7.68. The first-order chi connectivity index (χ1) is 12.0. The highest BCUT2D eigenvalue weighted by Gasteiger charge is 2.17. The van der Waals surface area contributed by atoms with Crippen molar-refractivity contribution in [2.24, 2.45) is 5.73 Å². The van der Waals surface area contributed by atoms with Gasteiger partial charge < -0.3 is 20.5 Å². The third-order valence-corrected chi connectivity index (χ3v) is 3.97. The molecule has 0 heterocycles. The minimum absolute atomic E-state index is 0.241. The number of methoxy groups -OCH3 is 1. The summed E-state index contributed by atoms with van der Waals surface area (Å²) in [6, 6.07) is 9.77. The van der Waals surface area contributed by atoms with Crippen molar-refractivity contribution in [3.8, 4) is 11.5 Å². The number of anilines is 1. The van der Waals surface area contributed by atoms with Gasteiger partial charge in [-0.2, -0.15) is 0 Å². The monoisotopic (exact) mass is 406 g/mol. The summed E-state index contributed by atoms with van der Waals surface area (Å²) in [7, 11) is 1.50. The van der Waals surface area contributed by atoms with E-state index in [0.717, 1.165) is 6.42 Å². The summed E-state index contributed by atoms with van der Waals surface area (Å²) in [6.45, 7) is 2.53. The average molecular weight is 407 g/mol. The molecule has 0 spiro atoms. The summed E-state index contributed by atoms with van der Waals surface area (Å²) < 4.78 is 11.6. The molecule has 6 nitrogen and oxygen atoms in total. The van der Waals surface area contributed by atoms with Gasteiger partial charge in [0.25, 0.3) is 11.8 Å². The van der Waals surface area contributed by atoms with Gasteiger partial charge in [-0.25, -0.2) is 0 Å². The number of para-hydroxylation sites is 1. The van der Waals surface area contributed by atoms with Crippen molar-refractivity contribution in [1.29, 1.82) is 0 Å². The average Bonchev–Trinajstić information content (AvgIpc) is 2.60. The summed E-state index contributed by atoms with van der Waals surface area (Å²) in [5.74, 6) is -0.0256. The van der Waals surface area contributed by atoms with E-state index in [1.807, 2.05) is 6.92 Å². The van der Waals surface area contributed by atoms with Gasteiger partial charge in [-0.05, 0) is 46.6 Å². The van der Waals surface area contributed by atoms with E-state index in [4.69, 9.17) is 15.2 Å². The fraction of sp³-hybridized carbons (Fsp3) is 0.222. The van der Waals surface area contributed by atoms with Crippen LogP contribution in [0, 0.1) is 0 Å². The van der Waals surface area contributed by atoms with E-state index in [0.29, 0.717) is 33.8 Å². The molecule has 2 aromatic rings. The van der Waals surface area contributed by atoms with E-state index in [-0.39, 0.29) is 5.56 Å². The largest absolute Gasteiger partial charge is 0.493 e. The Morgan fingerprint density at radius 2 is 1.96 bits per heavy atom. The molecule has 0 bridgehead atoms. The molecule has 2 rings (SSSR count). The second kappa shape index (κ2) is 8.53. The Hall–Kier alpha value is -2.54. The van der Waals surface area contributed by atoms with Crippen LogP contribution in [0.25, 0.3) is 0 Å². The van der Waals surface area contributed by atoms with Gasteiger partial charge in [-0.3, -0.25) is 9.59 Å².